The molecular weight excluding hydrogens is 950 g/mol. The Balaban J connectivity index is 0.00000576. The van der Waals surface area contributed by atoms with Crippen LogP contribution in [-0.2, 0) is 26.5 Å². The van der Waals surface area contributed by atoms with Crippen molar-refractivity contribution in [1.82, 2.24) is 14.5 Å². The van der Waals surface area contributed by atoms with Crippen LogP contribution in [0.25, 0.3) is 83.9 Å². The maximum absolute atomic E-state index is 11.6. The molecule has 1 N–H and O–H groups in total. The monoisotopic (exact) mass is 1000 g/mol. The molecule has 2 aromatic heterocycles. The Labute approximate surface area is 389 Å². The minimum absolute atomic E-state index is 0. The maximum atomic E-state index is 11.6. The minimum Gasteiger partial charge on any atom is -0.507 e. The van der Waals surface area contributed by atoms with Gasteiger partial charge in [0.05, 0.1) is 22.3 Å². The van der Waals surface area contributed by atoms with Gasteiger partial charge in [0.2, 0.25) is 0 Å². The van der Waals surface area contributed by atoms with Gasteiger partial charge in [-0.1, -0.05) is 175 Å². The quantitative estimate of drug-likeness (QED) is 0.147. The number of nitrogens with zero attached hydrogens (tertiary/aromatic N) is 3. The predicted molar refractivity (Wildman–Crippen MR) is 259 cm³/mol. The van der Waals surface area contributed by atoms with Crippen molar-refractivity contribution in [3.05, 3.63) is 193 Å². The number of pyridine rings is 1. The molecule has 9 aromatic rings. The van der Waals surface area contributed by atoms with Crippen molar-refractivity contribution in [2.24, 2.45) is 0 Å². The van der Waals surface area contributed by atoms with Crippen LogP contribution in [0.3, 0.4) is 0 Å². The first kappa shape index (κ1) is 40.7. The molecule has 0 aliphatic rings. The average molecular weight is 1000 g/mol. The summed E-state index contributed by atoms with van der Waals surface area (Å²) in [5.74, 6) is -0.874. The van der Waals surface area contributed by atoms with Crippen molar-refractivity contribution in [1.29, 1.82) is 0 Å². The number of para-hydroxylation sites is 2. The summed E-state index contributed by atoms with van der Waals surface area (Å²) in [7, 11) is 0. The molecule has 0 spiro atoms. The Kier molecular flexibility index (Phi) is 11.5. The van der Waals surface area contributed by atoms with E-state index >= 15 is 0 Å². The SMILES string of the molecule is [2H]C(C)(C)c1ccc(-c2ccnc(-c3[c-]c(-c4cccc5c4nc(-c4ccccc4O)n5-c4cc(-c5ccccc5)c(C([2H])(C)C)cc4-c4ccccc4)cc(C(C)(C)C)c3)c2)cc1.[Pt]. The van der Waals surface area contributed by atoms with Crippen LogP contribution < -0.4 is 0 Å². The van der Waals surface area contributed by atoms with Gasteiger partial charge in [-0.05, 0) is 92.5 Å². The zero-order valence-electron chi connectivity index (χ0n) is 38.8. The molecule has 0 bridgehead atoms. The van der Waals surface area contributed by atoms with Crippen LogP contribution in [0.1, 0.15) is 79.7 Å². The van der Waals surface area contributed by atoms with Crippen molar-refractivity contribution in [2.75, 3.05) is 0 Å². The van der Waals surface area contributed by atoms with Crippen molar-refractivity contribution in [3.63, 3.8) is 0 Å². The van der Waals surface area contributed by atoms with Crippen LogP contribution >= 0.6 is 0 Å². The smallest absolute Gasteiger partial charge is 0.148 e. The Morgan fingerprint density at radius 3 is 1.87 bits per heavy atom. The second kappa shape index (κ2) is 17.8. The molecule has 0 aliphatic heterocycles. The molecule has 0 radical (unpaired) electrons. The van der Waals surface area contributed by atoms with Crippen molar-refractivity contribution in [3.8, 4) is 78.6 Å². The number of imidazole rings is 1. The summed E-state index contributed by atoms with van der Waals surface area (Å²) in [5.41, 5.74) is 15.4. The Morgan fingerprint density at radius 2 is 1.22 bits per heavy atom. The number of aromatic hydroxyl groups is 1. The summed E-state index contributed by atoms with van der Waals surface area (Å²) in [4.78, 5) is 10.4. The molecule has 0 saturated heterocycles. The maximum Gasteiger partial charge on any atom is 0.148 e. The Bertz CT molecular complexity index is 3160. The van der Waals surface area contributed by atoms with E-state index in [2.05, 4.69) is 116 Å². The van der Waals surface area contributed by atoms with E-state index in [0.29, 0.717) is 11.4 Å². The number of rotatable bonds is 9. The number of fused-ring (bicyclic) bond motifs is 1. The van der Waals surface area contributed by atoms with Crippen LogP contribution in [0.15, 0.2) is 170 Å². The topological polar surface area (TPSA) is 50.9 Å². The molecule has 63 heavy (non-hydrogen) atoms. The summed E-state index contributed by atoms with van der Waals surface area (Å²) in [6, 6.07) is 59.2. The Hall–Kier alpha value is -6.35. The van der Waals surface area contributed by atoms with Gasteiger partial charge < -0.3 is 5.11 Å². The van der Waals surface area contributed by atoms with Crippen molar-refractivity contribution < 1.29 is 28.9 Å². The Morgan fingerprint density at radius 1 is 0.587 bits per heavy atom. The van der Waals surface area contributed by atoms with Gasteiger partial charge in [-0.15, -0.1) is 29.3 Å². The van der Waals surface area contributed by atoms with E-state index in [-0.39, 0.29) is 32.2 Å². The molecule has 0 saturated carbocycles. The van der Waals surface area contributed by atoms with Crippen LogP contribution in [0, 0.1) is 6.07 Å². The first-order chi connectivity index (χ1) is 30.5. The minimum atomic E-state index is -0.915. The number of phenolic OH excluding ortho intramolecular Hbond substituents is 1. The average Bonchev–Trinajstić information content (AvgIpc) is 3.68. The van der Waals surface area contributed by atoms with Crippen molar-refractivity contribution >= 4 is 11.0 Å². The van der Waals surface area contributed by atoms with E-state index in [9.17, 15) is 6.48 Å². The van der Waals surface area contributed by atoms with E-state index in [4.69, 9.17) is 11.3 Å². The van der Waals surface area contributed by atoms with E-state index < -0.39 is 11.8 Å². The molecule has 9 rings (SSSR count). The van der Waals surface area contributed by atoms with Gasteiger partial charge in [0.25, 0.3) is 0 Å². The molecule has 0 fully saturated rings. The summed E-state index contributed by atoms with van der Waals surface area (Å²) in [6.45, 7) is 14.3. The van der Waals surface area contributed by atoms with E-state index in [0.717, 1.165) is 89.2 Å². The zero-order valence-corrected chi connectivity index (χ0v) is 39.0. The van der Waals surface area contributed by atoms with Gasteiger partial charge >= 0.3 is 0 Å². The molecule has 2 heterocycles. The fourth-order valence-corrected chi connectivity index (χ4v) is 8.34. The number of hydrogen-bond donors (Lipinski definition) is 1. The molecule has 5 heteroatoms. The van der Waals surface area contributed by atoms with Gasteiger partial charge in [-0.3, -0.25) is 9.55 Å². The van der Waals surface area contributed by atoms with Crippen LogP contribution in [0.2, 0.25) is 0 Å². The summed E-state index contributed by atoms with van der Waals surface area (Å²) >= 11 is 0. The predicted octanol–water partition coefficient (Wildman–Crippen LogP) is 15.5. The number of hydrogen-bond acceptors (Lipinski definition) is 3. The molecule has 316 valence electrons. The third-order valence-corrected chi connectivity index (χ3v) is 11.8. The van der Waals surface area contributed by atoms with Gasteiger partial charge in [0.1, 0.15) is 11.6 Å². The summed E-state index contributed by atoms with van der Waals surface area (Å²) < 4.78 is 20.1. The molecule has 0 aliphatic carbocycles. The molecule has 0 unspecified atom stereocenters. The van der Waals surface area contributed by atoms with Gasteiger partial charge in [-0.25, -0.2) is 4.98 Å². The largest absolute Gasteiger partial charge is 0.507 e. The first-order valence-corrected chi connectivity index (χ1v) is 21.3. The van der Waals surface area contributed by atoms with Crippen LogP contribution in [0.4, 0.5) is 0 Å². The first-order valence-electron chi connectivity index (χ1n) is 22.3. The number of benzene rings is 7. The molecule has 4 nitrogen and oxygen atoms in total. The van der Waals surface area contributed by atoms with Gasteiger partial charge in [0.15, 0.2) is 0 Å². The van der Waals surface area contributed by atoms with Gasteiger partial charge in [0, 0.05) is 41.3 Å². The van der Waals surface area contributed by atoms with Gasteiger partial charge in [-0.2, -0.15) is 0 Å². The van der Waals surface area contributed by atoms with E-state index in [1.807, 2.05) is 107 Å². The standard InChI is InChI=1S/C58H52N3O.Pt/c1-37(2)39-25-27-40(28-26-39)43-29-30-59-52(34-43)45-31-44(32-46(33-45)58(5,6)7)47-22-16-23-53-56(47)60-57(48-21-14-15-24-55(48)62)61(53)54-36-50(41-17-10-8-11-18-41)49(38(3)4)35-51(54)42-19-12-9-13-20-42;/h8-30,32-38,62H,1-7H3;/q-1;/i37D,38D;. The second-order valence-electron chi connectivity index (χ2n) is 17.6. The molecular formula is C58H52N3OPt-. The fraction of sp³-hybridized carbons (Fsp3) is 0.172. The molecule has 0 amide bonds. The van der Waals surface area contributed by atoms with Crippen molar-refractivity contribution in [2.45, 2.75) is 65.7 Å². The normalized spacial score (nSPS) is 12.4. The van der Waals surface area contributed by atoms with Crippen LogP contribution in [0.5, 0.6) is 5.75 Å². The third kappa shape index (κ3) is 8.58. The third-order valence-electron chi connectivity index (χ3n) is 11.8. The second-order valence-corrected chi connectivity index (χ2v) is 17.6. The number of aromatic nitrogens is 3. The summed E-state index contributed by atoms with van der Waals surface area (Å²) in [5, 5.41) is 11.6. The molecule has 7 aromatic carbocycles. The molecule has 0 atom stereocenters. The van der Waals surface area contributed by atoms with E-state index in [1.54, 1.807) is 6.07 Å². The zero-order chi connectivity index (χ0) is 45.0. The number of phenols is 1. The fourth-order valence-electron chi connectivity index (χ4n) is 8.34. The summed E-state index contributed by atoms with van der Waals surface area (Å²) in [6.07, 6.45) is 1.85. The van der Waals surface area contributed by atoms with E-state index in [1.165, 1.54) is 0 Å². The van der Waals surface area contributed by atoms with Crippen LogP contribution in [-0.4, -0.2) is 19.6 Å².